The number of carbonyl (C=O) groups is 1. The van der Waals surface area contributed by atoms with Crippen molar-refractivity contribution in [1.29, 1.82) is 0 Å². The maximum atomic E-state index is 14.0. The highest BCUT2D eigenvalue weighted by molar-refractivity contribution is 9.10. The van der Waals surface area contributed by atoms with E-state index < -0.39 is 38.7 Å². The number of carboxylic acid groups (broad SMARTS) is 1. The standard InChI is InChI=1S/C13H13BrFNO4S/c14-7-1-4-12(10(15)5-7)21(19,20)16-8-2-3-11(16)9(6-8)13(17)18/h1,4-5,8-9,11H,2-3,6H2,(H,17,18). The lowest BCUT2D eigenvalue weighted by molar-refractivity contribution is -0.142. The third kappa shape index (κ3) is 2.29. The van der Waals surface area contributed by atoms with Crippen LogP contribution < -0.4 is 0 Å². The first-order valence-corrected chi connectivity index (χ1v) is 8.77. The van der Waals surface area contributed by atoms with Gasteiger partial charge in [-0.25, -0.2) is 12.8 Å². The fourth-order valence-corrected chi connectivity index (χ4v) is 5.68. The van der Waals surface area contributed by atoms with Gasteiger partial charge >= 0.3 is 5.97 Å². The number of nitrogens with zero attached hydrogens (tertiary/aromatic N) is 1. The Kier molecular flexibility index (Phi) is 3.58. The van der Waals surface area contributed by atoms with Gasteiger partial charge in [-0.3, -0.25) is 4.79 Å². The molecule has 0 aliphatic carbocycles. The Morgan fingerprint density at radius 2 is 2.10 bits per heavy atom. The summed E-state index contributed by atoms with van der Waals surface area (Å²) in [6, 6.07) is 2.86. The van der Waals surface area contributed by atoms with Crippen LogP contribution in [0.15, 0.2) is 27.6 Å². The van der Waals surface area contributed by atoms with Crippen LogP contribution in [0.4, 0.5) is 4.39 Å². The van der Waals surface area contributed by atoms with E-state index in [0.717, 1.165) is 6.07 Å². The van der Waals surface area contributed by atoms with E-state index in [0.29, 0.717) is 23.7 Å². The Labute approximate surface area is 129 Å². The Morgan fingerprint density at radius 1 is 1.38 bits per heavy atom. The Morgan fingerprint density at radius 3 is 2.67 bits per heavy atom. The zero-order chi connectivity index (χ0) is 15.4. The molecule has 0 saturated carbocycles. The largest absolute Gasteiger partial charge is 0.481 e. The van der Waals surface area contributed by atoms with E-state index in [1.165, 1.54) is 16.4 Å². The number of aliphatic carboxylic acids is 1. The average Bonchev–Trinajstić information content (AvgIpc) is 2.96. The predicted molar refractivity (Wildman–Crippen MR) is 75.7 cm³/mol. The molecule has 0 spiro atoms. The Hall–Kier alpha value is -0.990. The Bertz CT molecular complexity index is 708. The van der Waals surface area contributed by atoms with Crippen molar-refractivity contribution in [3.63, 3.8) is 0 Å². The fraction of sp³-hybridized carbons (Fsp3) is 0.462. The summed E-state index contributed by atoms with van der Waals surface area (Å²) in [4.78, 5) is 10.8. The van der Waals surface area contributed by atoms with Gasteiger partial charge in [0.25, 0.3) is 0 Å². The molecule has 1 aromatic rings. The van der Waals surface area contributed by atoms with Crippen molar-refractivity contribution in [3.05, 3.63) is 28.5 Å². The third-order valence-electron chi connectivity index (χ3n) is 4.24. The van der Waals surface area contributed by atoms with E-state index in [1.807, 2.05) is 0 Å². The van der Waals surface area contributed by atoms with Gasteiger partial charge in [-0.1, -0.05) is 15.9 Å². The summed E-state index contributed by atoms with van der Waals surface area (Å²) in [5, 5.41) is 9.18. The molecule has 21 heavy (non-hydrogen) atoms. The van der Waals surface area contributed by atoms with Gasteiger partial charge in [-0.15, -0.1) is 0 Å². The van der Waals surface area contributed by atoms with Crippen molar-refractivity contribution < 1.29 is 22.7 Å². The molecule has 0 aromatic heterocycles. The minimum Gasteiger partial charge on any atom is -0.481 e. The first-order chi connectivity index (χ1) is 9.82. The van der Waals surface area contributed by atoms with Crippen LogP contribution in [0.3, 0.4) is 0 Å². The molecule has 2 bridgehead atoms. The number of hydrogen-bond donors (Lipinski definition) is 1. The second kappa shape index (κ2) is 5.03. The number of fused-ring (bicyclic) bond motifs is 2. The van der Waals surface area contributed by atoms with Crippen LogP contribution in [-0.4, -0.2) is 35.9 Å². The van der Waals surface area contributed by atoms with Gasteiger partial charge in [0.1, 0.15) is 10.7 Å². The van der Waals surface area contributed by atoms with Gasteiger partial charge in [-0.2, -0.15) is 4.31 Å². The highest BCUT2D eigenvalue weighted by atomic mass is 79.9. The van der Waals surface area contributed by atoms with Gasteiger partial charge in [-0.05, 0) is 37.5 Å². The molecular weight excluding hydrogens is 365 g/mol. The van der Waals surface area contributed by atoms with E-state index in [2.05, 4.69) is 15.9 Å². The number of carboxylic acids is 1. The highest BCUT2D eigenvalue weighted by Crippen LogP contribution is 2.45. The lowest BCUT2D eigenvalue weighted by Crippen LogP contribution is -2.38. The molecule has 3 unspecified atom stereocenters. The van der Waals surface area contributed by atoms with Crippen LogP contribution in [0.1, 0.15) is 19.3 Å². The molecule has 1 aromatic carbocycles. The molecule has 8 heteroatoms. The van der Waals surface area contributed by atoms with E-state index in [-0.39, 0.29) is 6.04 Å². The molecule has 114 valence electrons. The molecule has 2 aliphatic heterocycles. The van der Waals surface area contributed by atoms with Crippen molar-refractivity contribution >= 4 is 31.9 Å². The molecule has 5 nitrogen and oxygen atoms in total. The van der Waals surface area contributed by atoms with Crippen LogP contribution in [0, 0.1) is 11.7 Å². The van der Waals surface area contributed by atoms with Gasteiger partial charge in [0.05, 0.1) is 5.92 Å². The normalized spacial score (nSPS) is 29.0. The maximum absolute atomic E-state index is 14.0. The smallest absolute Gasteiger partial charge is 0.308 e. The summed E-state index contributed by atoms with van der Waals surface area (Å²) in [6.07, 6.45) is 1.45. The summed E-state index contributed by atoms with van der Waals surface area (Å²) >= 11 is 3.09. The molecule has 0 amide bonds. The van der Waals surface area contributed by atoms with Crippen LogP contribution >= 0.6 is 15.9 Å². The lowest BCUT2D eigenvalue weighted by Gasteiger charge is -2.22. The predicted octanol–water partition coefficient (Wildman–Crippen LogP) is 2.21. The molecule has 2 heterocycles. The Balaban J connectivity index is 2.02. The van der Waals surface area contributed by atoms with Gasteiger partial charge in [0.2, 0.25) is 10.0 Å². The van der Waals surface area contributed by atoms with Crippen molar-refractivity contribution in [2.45, 2.75) is 36.2 Å². The second-order valence-corrected chi connectivity index (χ2v) is 8.12. The minimum absolute atomic E-state index is 0.303. The summed E-state index contributed by atoms with van der Waals surface area (Å²) < 4.78 is 41.0. The van der Waals surface area contributed by atoms with Crippen LogP contribution in [-0.2, 0) is 14.8 Å². The number of rotatable bonds is 3. The minimum atomic E-state index is -4.01. The number of halogens is 2. The summed E-state index contributed by atoms with van der Waals surface area (Å²) in [5.74, 6) is -2.52. The molecule has 3 atom stereocenters. The van der Waals surface area contributed by atoms with Gasteiger partial charge in [0, 0.05) is 16.6 Å². The average molecular weight is 378 g/mol. The number of sulfonamides is 1. The van der Waals surface area contributed by atoms with Gasteiger partial charge < -0.3 is 5.11 Å². The quantitative estimate of drug-likeness (QED) is 0.875. The molecule has 2 saturated heterocycles. The highest BCUT2D eigenvalue weighted by Gasteiger charge is 2.54. The molecule has 3 rings (SSSR count). The fourth-order valence-electron chi connectivity index (χ4n) is 3.38. The molecule has 2 fully saturated rings. The van der Waals surface area contributed by atoms with Crippen LogP contribution in [0.5, 0.6) is 0 Å². The van der Waals surface area contributed by atoms with Crippen molar-refractivity contribution in [2.24, 2.45) is 5.92 Å². The lowest BCUT2D eigenvalue weighted by atomic mass is 9.89. The van der Waals surface area contributed by atoms with Crippen molar-refractivity contribution in [3.8, 4) is 0 Å². The van der Waals surface area contributed by atoms with Gasteiger partial charge in [0.15, 0.2) is 0 Å². The van der Waals surface area contributed by atoms with Crippen molar-refractivity contribution in [1.82, 2.24) is 4.31 Å². The van der Waals surface area contributed by atoms with Crippen LogP contribution in [0.2, 0.25) is 0 Å². The van der Waals surface area contributed by atoms with E-state index in [1.54, 1.807) is 0 Å². The number of benzene rings is 1. The molecule has 1 N–H and O–H groups in total. The zero-order valence-electron chi connectivity index (χ0n) is 10.9. The molecular formula is C13H13BrFNO4S. The first kappa shape index (κ1) is 14.9. The maximum Gasteiger partial charge on any atom is 0.308 e. The summed E-state index contributed by atoms with van der Waals surface area (Å²) in [5.41, 5.74) is 0. The molecule has 0 radical (unpaired) electrons. The zero-order valence-corrected chi connectivity index (χ0v) is 13.3. The molecule has 2 aliphatic rings. The van der Waals surface area contributed by atoms with Crippen LogP contribution in [0.25, 0.3) is 0 Å². The summed E-state index contributed by atoms with van der Waals surface area (Å²) in [6.45, 7) is 0. The third-order valence-corrected chi connectivity index (χ3v) is 6.74. The van der Waals surface area contributed by atoms with Crippen molar-refractivity contribution in [2.75, 3.05) is 0 Å². The SMILES string of the molecule is O=C(O)C1CC2CCC1N2S(=O)(=O)c1ccc(Br)cc1F. The number of hydrogen-bond acceptors (Lipinski definition) is 3. The monoisotopic (exact) mass is 377 g/mol. The summed E-state index contributed by atoms with van der Waals surface area (Å²) in [7, 11) is -4.01. The van der Waals surface area contributed by atoms with E-state index >= 15 is 0 Å². The van der Waals surface area contributed by atoms with E-state index in [4.69, 9.17) is 0 Å². The topological polar surface area (TPSA) is 74.7 Å². The second-order valence-electron chi connectivity index (χ2n) is 5.39. The van der Waals surface area contributed by atoms with E-state index in [9.17, 15) is 22.7 Å². The first-order valence-electron chi connectivity index (χ1n) is 6.54.